The van der Waals surface area contributed by atoms with Gasteiger partial charge in [0.25, 0.3) is 0 Å². The van der Waals surface area contributed by atoms with E-state index >= 15 is 0 Å². The standard InChI is InChI=1S/C27H33N5O2S/c1-16-14-19(17(2)31(16)6)24-23(21-10-8-9-13-28-21)30-26(35)32(24)18-11-12-20(22(15-18)34-7)29-25(33)27(3,4)5/h8-15,23-24H,1-7H3,(H,29,33)(H,30,35)/t23-,24+/m1/s1. The van der Waals surface area contributed by atoms with Crippen LogP contribution in [0.1, 0.15) is 55.5 Å². The molecule has 1 aliphatic rings. The molecule has 7 nitrogen and oxygen atoms in total. The van der Waals surface area contributed by atoms with Crippen molar-refractivity contribution in [2.45, 2.75) is 46.7 Å². The molecule has 2 atom stereocenters. The fourth-order valence-electron chi connectivity index (χ4n) is 4.38. The average molecular weight is 492 g/mol. The van der Waals surface area contributed by atoms with Gasteiger partial charge in [-0.2, -0.15) is 0 Å². The lowest BCUT2D eigenvalue weighted by Crippen LogP contribution is -2.30. The van der Waals surface area contributed by atoms with Gasteiger partial charge in [-0.3, -0.25) is 9.78 Å². The molecule has 0 bridgehead atoms. The monoisotopic (exact) mass is 491 g/mol. The number of carbonyl (C=O) groups excluding carboxylic acids is 1. The van der Waals surface area contributed by atoms with Crippen LogP contribution in [0.4, 0.5) is 11.4 Å². The number of rotatable bonds is 5. The molecule has 35 heavy (non-hydrogen) atoms. The van der Waals surface area contributed by atoms with Crippen molar-refractivity contribution in [1.82, 2.24) is 14.9 Å². The van der Waals surface area contributed by atoms with Crippen molar-refractivity contribution in [2.24, 2.45) is 12.5 Å². The zero-order chi connectivity index (χ0) is 25.5. The third kappa shape index (κ3) is 4.62. The number of carbonyl (C=O) groups is 1. The highest BCUT2D eigenvalue weighted by Gasteiger charge is 2.42. The Hall–Kier alpha value is -3.39. The second kappa shape index (κ2) is 9.34. The van der Waals surface area contributed by atoms with E-state index in [0.717, 1.165) is 11.4 Å². The minimum Gasteiger partial charge on any atom is -0.494 e. The summed E-state index contributed by atoms with van der Waals surface area (Å²) in [5, 5.41) is 7.10. The zero-order valence-corrected chi connectivity index (χ0v) is 22.2. The molecule has 0 aliphatic carbocycles. The van der Waals surface area contributed by atoms with E-state index in [9.17, 15) is 4.79 Å². The molecule has 3 heterocycles. The molecule has 1 aliphatic heterocycles. The van der Waals surface area contributed by atoms with Gasteiger partial charge < -0.3 is 24.8 Å². The van der Waals surface area contributed by atoms with Crippen LogP contribution in [0.3, 0.4) is 0 Å². The normalized spacial score (nSPS) is 17.9. The number of anilines is 2. The number of nitrogens with zero attached hydrogens (tertiary/aromatic N) is 3. The van der Waals surface area contributed by atoms with Gasteiger partial charge in [0, 0.05) is 41.8 Å². The summed E-state index contributed by atoms with van der Waals surface area (Å²) in [5.74, 6) is 0.495. The van der Waals surface area contributed by atoms with Crippen molar-refractivity contribution in [3.05, 3.63) is 71.3 Å². The lowest BCUT2D eigenvalue weighted by atomic mass is 9.95. The van der Waals surface area contributed by atoms with Gasteiger partial charge in [-0.15, -0.1) is 0 Å². The number of aryl methyl sites for hydroxylation is 1. The summed E-state index contributed by atoms with van der Waals surface area (Å²) in [6.45, 7) is 9.87. The van der Waals surface area contributed by atoms with Crippen molar-refractivity contribution in [3.8, 4) is 5.75 Å². The molecule has 0 saturated carbocycles. The number of amides is 1. The Morgan fingerprint density at radius 2 is 1.91 bits per heavy atom. The van der Waals surface area contributed by atoms with Gasteiger partial charge in [0.2, 0.25) is 5.91 Å². The molecule has 184 valence electrons. The van der Waals surface area contributed by atoms with Crippen LogP contribution in [0, 0.1) is 19.3 Å². The third-order valence-electron chi connectivity index (χ3n) is 6.62. The second-order valence-corrected chi connectivity index (χ2v) is 10.4. The topological polar surface area (TPSA) is 71.4 Å². The molecule has 0 unspecified atom stereocenters. The molecule has 3 aromatic rings. The van der Waals surface area contributed by atoms with Crippen LogP contribution >= 0.6 is 12.2 Å². The number of benzene rings is 1. The van der Waals surface area contributed by atoms with E-state index < -0.39 is 5.41 Å². The Morgan fingerprint density at radius 1 is 1.17 bits per heavy atom. The molecule has 8 heteroatoms. The number of methoxy groups -OCH3 is 1. The van der Waals surface area contributed by atoms with Crippen LogP contribution in [0.2, 0.25) is 0 Å². The molecule has 1 aromatic carbocycles. The van der Waals surface area contributed by atoms with Crippen LogP contribution in [0.25, 0.3) is 0 Å². The zero-order valence-electron chi connectivity index (χ0n) is 21.3. The Balaban J connectivity index is 1.80. The van der Waals surface area contributed by atoms with Crippen molar-refractivity contribution in [1.29, 1.82) is 0 Å². The Labute approximate surface area is 212 Å². The van der Waals surface area contributed by atoms with Crippen molar-refractivity contribution < 1.29 is 9.53 Å². The summed E-state index contributed by atoms with van der Waals surface area (Å²) < 4.78 is 7.86. The number of hydrogen-bond donors (Lipinski definition) is 2. The molecule has 1 fully saturated rings. The Kier molecular flexibility index (Phi) is 6.60. The molecular formula is C27H33N5O2S. The first-order valence-corrected chi connectivity index (χ1v) is 12.1. The highest BCUT2D eigenvalue weighted by Crippen LogP contribution is 2.44. The van der Waals surface area contributed by atoms with Gasteiger partial charge in [-0.25, -0.2) is 0 Å². The third-order valence-corrected chi connectivity index (χ3v) is 6.94. The van der Waals surface area contributed by atoms with Gasteiger partial charge in [-0.1, -0.05) is 26.8 Å². The summed E-state index contributed by atoms with van der Waals surface area (Å²) >= 11 is 5.86. The van der Waals surface area contributed by atoms with Crippen LogP contribution in [0.5, 0.6) is 5.75 Å². The van der Waals surface area contributed by atoms with Gasteiger partial charge in [0.15, 0.2) is 5.11 Å². The van der Waals surface area contributed by atoms with Crippen LogP contribution < -0.4 is 20.3 Å². The largest absolute Gasteiger partial charge is 0.494 e. The lowest BCUT2D eigenvalue weighted by Gasteiger charge is -2.29. The number of pyridine rings is 1. The minimum atomic E-state index is -0.520. The van der Waals surface area contributed by atoms with Crippen LogP contribution in [-0.2, 0) is 11.8 Å². The Morgan fingerprint density at radius 3 is 2.49 bits per heavy atom. The second-order valence-electron chi connectivity index (χ2n) is 9.97. The average Bonchev–Trinajstić information content (AvgIpc) is 3.30. The van der Waals surface area contributed by atoms with E-state index in [2.05, 4.69) is 52.0 Å². The number of nitrogens with one attached hydrogen (secondary N) is 2. The van der Waals surface area contributed by atoms with E-state index in [0.29, 0.717) is 16.5 Å². The van der Waals surface area contributed by atoms with Gasteiger partial charge >= 0.3 is 0 Å². The quantitative estimate of drug-likeness (QED) is 0.478. The Bertz CT molecular complexity index is 1260. The first-order valence-electron chi connectivity index (χ1n) is 11.7. The highest BCUT2D eigenvalue weighted by molar-refractivity contribution is 7.80. The first kappa shape index (κ1) is 24.7. The van der Waals surface area contributed by atoms with Gasteiger partial charge in [-0.05, 0) is 62.0 Å². The molecule has 4 rings (SSSR count). The number of aromatic nitrogens is 2. The van der Waals surface area contributed by atoms with E-state index in [1.807, 2.05) is 57.2 Å². The van der Waals surface area contributed by atoms with E-state index in [1.165, 1.54) is 17.0 Å². The van der Waals surface area contributed by atoms with Crippen molar-refractivity contribution >= 4 is 34.6 Å². The lowest BCUT2D eigenvalue weighted by molar-refractivity contribution is -0.123. The summed E-state index contributed by atoms with van der Waals surface area (Å²) in [5.41, 5.74) is 5.42. The fourth-order valence-corrected chi connectivity index (χ4v) is 4.72. The molecule has 2 aromatic heterocycles. The van der Waals surface area contributed by atoms with E-state index in [4.69, 9.17) is 17.0 Å². The van der Waals surface area contributed by atoms with Crippen molar-refractivity contribution in [3.63, 3.8) is 0 Å². The first-order chi connectivity index (χ1) is 16.5. The predicted molar refractivity (Wildman–Crippen MR) is 144 cm³/mol. The van der Waals surface area contributed by atoms with E-state index in [-0.39, 0.29) is 18.0 Å². The maximum absolute atomic E-state index is 12.6. The molecule has 1 saturated heterocycles. The summed E-state index contributed by atoms with van der Waals surface area (Å²) in [7, 11) is 3.68. The van der Waals surface area contributed by atoms with Gasteiger partial charge in [0.05, 0.1) is 30.6 Å². The molecule has 2 N–H and O–H groups in total. The molecule has 0 spiro atoms. The number of thiocarbonyl (C=S) groups is 1. The SMILES string of the molecule is COc1cc(N2C(=S)N[C@H](c3ccccn3)[C@@H]2c2cc(C)n(C)c2C)ccc1NC(=O)C(C)(C)C. The summed E-state index contributed by atoms with van der Waals surface area (Å²) in [4.78, 5) is 19.3. The maximum Gasteiger partial charge on any atom is 0.229 e. The van der Waals surface area contributed by atoms with Crippen LogP contribution in [0.15, 0.2) is 48.7 Å². The highest BCUT2D eigenvalue weighted by atomic mass is 32.1. The summed E-state index contributed by atoms with van der Waals surface area (Å²) in [6, 6.07) is 13.7. The number of ether oxygens (including phenoxy) is 1. The predicted octanol–water partition coefficient (Wildman–Crippen LogP) is 5.21. The van der Waals surface area contributed by atoms with Gasteiger partial charge in [0.1, 0.15) is 5.75 Å². The number of hydrogen-bond acceptors (Lipinski definition) is 4. The molecule has 1 amide bonds. The summed E-state index contributed by atoms with van der Waals surface area (Å²) in [6.07, 6.45) is 1.80. The van der Waals surface area contributed by atoms with E-state index in [1.54, 1.807) is 13.3 Å². The fraction of sp³-hybridized carbons (Fsp3) is 0.370. The van der Waals surface area contributed by atoms with Crippen LogP contribution in [-0.4, -0.2) is 27.7 Å². The van der Waals surface area contributed by atoms with Crippen molar-refractivity contribution in [2.75, 3.05) is 17.3 Å². The minimum absolute atomic E-state index is 0.0783. The molecule has 0 radical (unpaired) electrons. The maximum atomic E-state index is 12.6. The smallest absolute Gasteiger partial charge is 0.229 e. The molecular weight excluding hydrogens is 458 g/mol.